The molecule has 4 rings (SSSR count). The third-order valence-electron chi connectivity index (χ3n) is 5.04. The number of benzene rings is 2. The average molecular weight is 391 g/mol. The average Bonchev–Trinajstić information content (AvgIpc) is 2.71. The van der Waals surface area contributed by atoms with Crippen molar-refractivity contribution in [1.29, 1.82) is 0 Å². The lowest BCUT2D eigenvalue weighted by atomic mass is 10.2. The Morgan fingerprint density at radius 1 is 0.966 bits per heavy atom. The molecule has 1 aromatic heterocycles. The van der Waals surface area contributed by atoms with Crippen molar-refractivity contribution in [1.82, 2.24) is 19.9 Å². The van der Waals surface area contributed by atoms with Gasteiger partial charge in [0.15, 0.2) is 0 Å². The molecule has 1 saturated heterocycles. The van der Waals surface area contributed by atoms with Crippen molar-refractivity contribution in [2.24, 2.45) is 0 Å². The number of hydrogen-bond acceptors (Lipinski definition) is 8. The molecule has 0 spiro atoms. The molecule has 2 aromatic carbocycles. The maximum Gasteiger partial charge on any atom is 0.232 e. The number of nitrogens with two attached hydrogens (primary N) is 1. The number of phenols is 1. The van der Waals surface area contributed by atoms with E-state index in [0.717, 1.165) is 43.1 Å². The first-order chi connectivity index (χ1) is 14.1. The van der Waals surface area contributed by atoms with E-state index in [1.54, 1.807) is 12.1 Å². The summed E-state index contributed by atoms with van der Waals surface area (Å²) in [5.74, 6) is 1.62. The Bertz CT molecular complexity index is 969. The Kier molecular flexibility index (Phi) is 5.44. The number of anilines is 4. The second-order valence-corrected chi connectivity index (χ2v) is 7.15. The van der Waals surface area contributed by atoms with Crippen molar-refractivity contribution in [3.05, 3.63) is 59.9 Å². The first-order valence-corrected chi connectivity index (χ1v) is 9.66. The van der Waals surface area contributed by atoms with E-state index in [-0.39, 0.29) is 11.7 Å². The van der Waals surface area contributed by atoms with Crippen LogP contribution in [-0.2, 0) is 6.54 Å². The van der Waals surface area contributed by atoms with Crippen molar-refractivity contribution in [2.75, 3.05) is 42.1 Å². The van der Waals surface area contributed by atoms with Gasteiger partial charge in [-0.3, -0.25) is 4.90 Å². The SMILES string of the molecule is Cc1ccccc1Nc1nc(N)nc(CN2CCN(c3ccc(O)cc3)CC2)n1. The van der Waals surface area contributed by atoms with Crippen molar-refractivity contribution in [3.63, 3.8) is 0 Å². The minimum atomic E-state index is 0.216. The molecule has 0 atom stereocenters. The summed E-state index contributed by atoms with van der Waals surface area (Å²) >= 11 is 0. The molecular formula is C21H25N7O. The monoisotopic (exact) mass is 391 g/mol. The molecule has 1 fully saturated rings. The lowest BCUT2D eigenvalue weighted by Crippen LogP contribution is -2.46. The fourth-order valence-electron chi connectivity index (χ4n) is 3.43. The Morgan fingerprint density at radius 3 is 2.41 bits per heavy atom. The van der Waals surface area contributed by atoms with E-state index in [9.17, 15) is 5.11 Å². The highest BCUT2D eigenvalue weighted by molar-refractivity contribution is 5.58. The maximum absolute atomic E-state index is 9.45. The zero-order chi connectivity index (χ0) is 20.2. The molecule has 4 N–H and O–H groups in total. The summed E-state index contributed by atoms with van der Waals surface area (Å²) in [5.41, 5.74) is 9.10. The zero-order valence-corrected chi connectivity index (χ0v) is 16.4. The minimum absolute atomic E-state index is 0.216. The number of aromatic hydroxyl groups is 1. The molecule has 8 nitrogen and oxygen atoms in total. The lowest BCUT2D eigenvalue weighted by molar-refractivity contribution is 0.244. The summed E-state index contributed by atoms with van der Waals surface area (Å²) in [7, 11) is 0. The number of para-hydroxylation sites is 1. The van der Waals surface area contributed by atoms with Crippen LogP contribution in [0.25, 0.3) is 0 Å². The quantitative estimate of drug-likeness (QED) is 0.610. The molecule has 2 heterocycles. The van der Waals surface area contributed by atoms with E-state index in [0.29, 0.717) is 18.3 Å². The van der Waals surface area contributed by atoms with Crippen molar-refractivity contribution >= 4 is 23.3 Å². The number of rotatable bonds is 5. The zero-order valence-electron chi connectivity index (χ0n) is 16.4. The van der Waals surface area contributed by atoms with Crippen LogP contribution in [0.5, 0.6) is 5.75 Å². The van der Waals surface area contributed by atoms with Crippen LogP contribution in [-0.4, -0.2) is 51.1 Å². The highest BCUT2D eigenvalue weighted by atomic mass is 16.3. The third-order valence-corrected chi connectivity index (χ3v) is 5.04. The highest BCUT2D eigenvalue weighted by Gasteiger charge is 2.19. The Balaban J connectivity index is 1.39. The minimum Gasteiger partial charge on any atom is -0.508 e. The molecule has 3 aromatic rings. The van der Waals surface area contributed by atoms with E-state index >= 15 is 0 Å². The van der Waals surface area contributed by atoms with Gasteiger partial charge in [-0.25, -0.2) is 0 Å². The van der Waals surface area contributed by atoms with Crippen LogP contribution >= 0.6 is 0 Å². The summed E-state index contributed by atoms with van der Waals surface area (Å²) < 4.78 is 0. The van der Waals surface area contributed by atoms with Crippen LogP contribution < -0.4 is 16.0 Å². The first-order valence-electron chi connectivity index (χ1n) is 9.66. The van der Waals surface area contributed by atoms with Gasteiger partial charge >= 0.3 is 0 Å². The number of aryl methyl sites for hydroxylation is 1. The van der Waals surface area contributed by atoms with Crippen LogP contribution in [0, 0.1) is 6.92 Å². The van der Waals surface area contributed by atoms with Crippen LogP contribution in [0.4, 0.5) is 23.3 Å². The van der Waals surface area contributed by atoms with Gasteiger partial charge in [-0.2, -0.15) is 15.0 Å². The summed E-state index contributed by atoms with van der Waals surface area (Å²) in [4.78, 5) is 17.7. The van der Waals surface area contributed by atoms with Gasteiger partial charge in [0.25, 0.3) is 0 Å². The van der Waals surface area contributed by atoms with E-state index in [4.69, 9.17) is 5.73 Å². The predicted octanol–water partition coefficient (Wildman–Crippen LogP) is 2.53. The van der Waals surface area contributed by atoms with E-state index < -0.39 is 0 Å². The molecule has 0 unspecified atom stereocenters. The van der Waals surface area contributed by atoms with Crippen molar-refractivity contribution in [2.45, 2.75) is 13.5 Å². The van der Waals surface area contributed by atoms with Gasteiger partial charge < -0.3 is 21.1 Å². The van der Waals surface area contributed by atoms with E-state index in [1.807, 2.05) is 43.3 Å². The maximum atomic E-state index is 9.45. The van der Waals surface area contributed by atoms with Crippen LogP contribution in [0.1, 0.15) is 11.4 Å². The molecule has 0 amide bonds. The van der Waals surface area contributed by atoms with Gasteiger partial charge in [-0.1, -0.05) is 18.2 Å². The number of phenolic OH excluding ortho intramolecular Hbond substituents is 1. The van der Waals surface area contributed by atoms with Crippen LogP contribution in [0.3, 0.4) is 0 Å². The Labute approximate surface area is 170 Å². The predicted molar refractivity (Wildman–Crippen MR) is 114 cm³/mol. The van der Waals surface area contributed by atoms with E-state index in [1.165, 1.54) is 0 Å². The molecule has 0 aliphatic carbocycles. The summed E-state index contributed by atoms with van der Waals surface area (Å²) in [5, 5.41) is 12.7. The number of piperazine rings is 1. The standard InChI is InChI=1S/C21H25N7O/c1-15-4-2-3-5-18(15)23-21-25-19(24-20(22)26-21)14-27-10-12-28(13-11-27)16-6-8-17(29)9-7-16/h2-9,29H,10-14H2,1H3,(H3,22,23,24,25,26). The van der Waals surface area contributed by atoms with Crippen LogP contribution in [0.15, 0.2) is 48.5 Å². The van der Waals surface area contributed by atoms with Gasteiger partial charge in [0, 0.05) is 37.6 Å². The molecule has 1 aliphatic rings. The second kappa shape index (κ2) is 8.32. The molecule has 0 saturated carbocycles. The summed E-state index contributed by atoms with van der Waals surface area (Å²) in [6, 6.07) is 15.3. The fourth-order valence-corrected chi connectivity index (χ4v) is 3.43. The lowest BCUT2D eigenvalue weighted by Gasteiger charge is -2.35. The van der Waals surface area contributed by atoms with E-state index in [2.05, 4.69) is 30.1 Å². The number of aromatic nitrogens is 3. The first kappa shape index (κ1) is 18.9. The van der Waals surface area contributed by atoms with Crippen molar-refractivity contribution in [3.8, 4) is 5.75 Å². The largest absolute Gasteiger partial charge is 0.508 e. The summed E-state index contributed by atoms with van der Waals surface area (Å²) in [6.45, 7) is 6.25. The molecule has 150 valence electrons. The topological polar surface area (TPSA) is 103 Å². The third kappa shape index (κ3) is 4.72. The molecule has 29 heavy (non-hydrogen) atoms. The molecule has 0 radical (unpaired) electrons. The molecular weight excluding hydrogens is 366 g/mol. The van der Waals surface area contributed by atoms with Gasteiger partial charge in [0.05, 0.1) is 6.54 Å². The molecule has 8 heteroatoms. The Hall–Kier alpha value is -3.39. The number of nitrogen functional groups attached to an aromatic ring is 1. The van der Waals surface area contributed by atoms with Gasteiger partial charge in [-0.15, -0.1) is 0 Å². The highest BCUT2D eigenvalue weighted by Crippen LogP contribution is 2.21. The number of hydrogen-bond donors (Lipinski definition) is 3. The smallest absolute Gasteiger partial charge is 0.232 e. The van der Waals surface area contributed by atoms with Crippen LogP contribution in [0.2, 0.25) is 0 Å². The number of nitrogens with one attached hydrogen (secondary N) is 1. The fraction of sp³-hybridized carbons (Fsp3) is 0.286. The number of nitrogens with zero attached hydrogens (tertiary/aromatic N) is 5. The molecule has 0 bridgehead atoms. The van der Waals surface area contributed by atoms with Crippen molar-refractivity contribution < 1.29 is 5.11 Å². The normalized spacial score (nSPS) is 14.7. The summed E-state index contributed by atoms with van der Waals surface area (Å²) in [6.07, 6.45) is 0. The molecule has 1 aliphatic heterocycles. The van der Waals surface area contributed by atoms with Gasteiger partial charge in [0.1, 0.15) is 11.6 Å². The van der Waals surface area contributed by atoms with Gasteiger partial charge in [0.2, 0.25) is 11.9 Å². The van der Waals surface area contributed by atoms with Gasteiger partial charge in [-0.05, 0) is 42.8 Å². The Morgan fingerprint density at radius 2 is 1.69 bits per heavy atom. The second-order valence-electron chi connectivity index (χ2n) is 7.15.